The van der Waals surface area contributed by atoms with Gasteiger partial charge in [0.1, 0.15) is 0 Å². The van der Waals surface area contributed by atoms with Crippen LogP contribution in [0.1, 0.15) is 56.8 Å². The number of likely N-dealkylation sites (tertiary alicyclic amines) is 1. The summed E-state index contributed by atoms with van der Waals surface area (Å²) in [7, 11) is 0. The fraction of sp³-hybridized carbons (Fsp3) is 0.857. The first-order valence-corrected chi connectivity index (χ1v) is 7.50. The van der Waals surface area contributed by atoms with E-state index >= 15 is 0 Å². The average molecular weight is 281 g/mol. The Bertz CT molecular complexity index is 443. The number of β-amino-alcohol motifs (C(OH)–C–C–N with tert-alkyl or cyclic N) is 1. The smallest absolute Gasteiger partial charge is 0.244 e. The maximum Gasteiger partial charge on any atom is 0.244 e. The number of nitrogens with zero attached hydrogens (tertiary/aromatic N) is 3. The van der Waals surface area contributed by atoms with Gasteiger partial charge in [-0.05, 0) is 19.3 Å². The molecule has 2 saturated heterocycles. The van der Waals surface area contributed by atoms with Crippen LogP contribution in [0.25, 0.3) is 0 Å². The van der Waals surface area contributed by atoms with Crippen LogP contribution in [0.3, 0.4) is 0 Å². The van der Waals surface area contributed by atoms with Gasteiger partial charge >= 0.3 is 0 Å². The standard InChI is InChI=1S/C14H23N3O3/c1-9(2)13-15-14(20-16-13)12-7-11(18)8-17(12)10-3-5-19-6-4-10/h9-12,18H,3-8H2,1-2H3/t11-,12+/m1/s1. The van der Waals surface area contributed by atoms with E-state index in [0.29, 0.717) is 24.9 Å². The van der Waals surface area contributed by atoms with Crippen LogP contribution in [0.2, 0.25) is 0 Å². The van der Waals surface area contributed by atoms with E-state index in [1.807, 2.05) is 13.8 Å². The number of aliphatic hydroxyl groups excluding tert-OH is 1. The quantitative estimate of drug-likeness (QED) is 0.905. The molecule has 112 valence electrons. The average Bonchev–Trinajstić information content (AvgIpc) is 3.06. The third kappa shape index (κ3) is 2.73. The molecule has 6 heteroatoms. The van der Waals surface area contributed by atoms with Crippen molar-refractivity contribution in [3.05, 3.63) is 11.7 Å². The van der Waals surface area contributed by atoms with Crippen LogP contribution in [0.5, 0.6) is 0 Å². The van der Waals surface area contributed by atoms with E-state index in [1.54, 1.807) is 0 Å². The van der Waals surface area contributed by atoms with Crippen molar-refractivity contribution in [2.24, 2.45) is 0 Å². The Kier molecular flexibility index (Phi) is 4.05. The minimum Gasteiger partial charge on any atom is -0.392 e. The maximum absolute atomic E-state index is 10.0. The van der Waals surface area contributed by atoms with Gasteiger partial charge in [0.15, 0.2) is 5.82 Å². The molecule has 0 spiro atoms. The van der Waals surface area contributed by atoms with Crippen LogP contribution >= 0.6 is 0 Å². The molecule has 1 N–H and O–H groups in total. The van der Waals surface area contributed by atoms with Crippen molar-refractivity contribution in [3.63, 3.8) is 0 Å². The maximum atomic E-state index is 10.0. The first kappa shape index (κ1) is 14.0. The Morgan fingerprint density at radius 1 is 1.30 bits per heavy atom. The molecule has 2 atom stereocenters. The highest BCUT2D eigenvalue weighted by molar-refractivity contribution is 5.02. The molecule has 0 aromatic carbocycles. The van der Waals surface area contributed by atoms with Crippen molar-refractivity contribution in [2.45, 2.75) is 57.2 Å². The van der Waals surface area contributed by atoms with Crippen LogP contribution in [-0.4, -0.2) is 52.1 Å². The Morgan fingerprint density at radius 2 is 2.05 bits per heavy atom. The molecule has 0 amide bonds. The fourth-order valence-corrected chi connectivity index (χ4v) is 3.12. The van der Waals surface area contributed by atoms with E-state index in [9.17, 15) is 5.11 Å². The normalized spacial score (nSPS) is 29.4. The minimum atomic E-state index is -0.308. The lowest BCUT2D eigenvalue weighted by atomic mass is 10.1. The van der Waals surface area contributed by atoms with Crippen LogP contribution < -0.4 is 0 Å². The van der Waals surface area contributed by atoms with E-state index in [2.05, 4.69) is 15.0 Å². The van der Waals surface area contributed by atoms with Gasteiger partial charge in [-0.2, -0.15) is 4.98 Å². The molecule has 3 rings (SSSR count). The molecule has 0 saturated carbocycles. The highest BCUT2D eigenvalue weighted by atomic mass is 16.5. The molecule has 1 aromatic heterocycles. The molecular formula is C14H23N3O3. The summed E-state index contributed by atoms with van der Waals surface area (Å²) < 4.78 is 10.9. The van der Waals surface area contributed by atoms with Crippen LogP contribution in [0.4, 0.5) is 0 Å². The lowest BCUT2D eigenvalue weighted by molar-refractivity contribution is 0.0214. The molecule has 2 fully saturated rings. The van der Waals surface area contributed by atoms with Crippen LogP contribution in [0.15, 0.2) is 4.52 Å². The van der Waals surface area contributed by atoms with Crippen LogP contribution in [-0.2, 0) is 4.74 Å². The highest BCUT2D eigenvalue weighted by Gasteiger charge is 2.40. The Balaban J connectivity index is 1.78. The van der Waals surface area contributed by atoms with Gasteiger partial charge in [0.2, 0.25) is 5.89 Å². The summed E-state index contributed by atoms with van der Waals surface area (Å²) in [6.07, 6.45) is 2.39. The molecule has 2 aliphatic rings. The van der Waals surface area contributed by atoms with E-state index in [1.165, 1.54) is 0 Å². The summed E-state index contributed by atoms with van der Waals surface area (Å²) in [4.78, 5) is 6.83. The third-order valence-corrected chi connectivity index (χ3v) is 4.24. The first-order valence-electron chi connectivity index (χ1n) is 7.50. The van der Waals surface area contributed by atoms with Gasteiger partial charge in [-0.1, -0.05) is 19.0 Å². The highest BCUT2D eigenvalue weighted by Crippen LogP contribution is 2.35. The number of rotatable bonds is 3. The number of ether oxygens (including phenoxy) is 1. The van der Waals surface area contributed by atoms with Gasteiger partial charge in [-0.15, -0.1) is 0 Å². The third-order valence-electron chi connectivity index (χ3n) is 4.24. The zero-order valence-corrected chi connectivity index (χ0v) is 12.2. The Morgan fingerprint density at radius 3 is 2.70 bits per heavy atom. The molecule has 0 bridgehead atoms. The molecule has 6 nitrogen and oxygen atoms in total. The van der Waals surface area contributed by atoms with Crippen LogP contribution in [0, 0.1) is 0 Å². The Hall–Kier alpha value is -0.980. The van der Waals surface area contributed by atoms with Crippen molar-refractivity contribution in [1.29, 1.82) is 0 Å². The summed E-state index contributed by atoms with van der Waals surface area (Å²) in [6.45, 7) is 6.38. The lowest BCUT2D eigenvalue weighted by Crippen LogP contribution is -2.39. The van der Waals surface area contributed by atoms with Crippen molar-refractivity contribution in [1.82, 2.24) is 15.0 Å². The molecule has 0 unspecified atom stereocenters. The van der Waals surface area contributed by atoms with Gasteiger partial charge < -0.3 is 14.4 Å². The van der Waals surface area contributed by atoms with Gasteiger partial charge in [0, 0.05) is 31.7 Å². The first-order chi connectivity index (χ1) is 9.65. The zero-order valence-electron chi connectivity index (χ0n) is 12.2. The number of aliphatic hydroxyl groups is 1. The molecule has 0 aliphatic carbocycles. The molecule has 2 aliphatic heterocycles. The fourth-order valence-electron chi connectivity index (χ4n) is 3.12. The minimum absolute atomic E-state index is 0.0492. The van der Waals surface area contributed by atoms with Gasteiger partial charge in [0.05, 0.1) is 12.1 Å². The van der Waals surface area contributed by atoms with E-state index in [4.69, 9.17) is 9.26 Å². The van der Waals surface area contributed by atoms with Gasteiger partial charge in [-0.25, -0.2) is 0 Å². The van der Waals surface area contributed by atoms with Gasteiger partial charge in [-0.3, -0.25) is 4.90 Å². The number of hydrogen-bond donors (Lipinski definition) is 1. The molecule has 3 heterocycles. The summed E-state index contributed by atoms with van der Waals surface area (Å²) >= 11 is 0. The molecule has 20 heavy (non-hydrogen) atoms. The van der Waals surface area contributed by atoms with Crippen molar-refractivity contribution >= 4 is 0 Å². The van der Waals surface area contributed by atoms with Crippen molar-refractivity contribution in [2.75, 3.05) is 19.8 Å². The second-order valence-electron chi connectivity index (χ2n) is 6.09. The summed E-state index contributed by atoms with van der Waals surface area (Å²) in [5.74, 6) is 1.65. The summed E-state index contributed by atoms with van der Waals surface area (Å²) in [5, 5.41) is 14.1. The summed E-state index contributed by atoms with van der Waals surface area (Å²) in [6, 6.07) is 0.494. The molecule has 0 radical (unpaired) electrons. The lowest BCUT2D eigenvalue weighted by Gasteiger charge is -2.33. The van der Waals surface area contributed by atoms with E-state index in [-0.39, 0.29) is 18.1 Å². The topological polar surface area (TPSA) is 71.6 Å². The number of aromatic nitrogens is 2. The molecule has 1 aromatic rings. The predicted molar refractivity (Wildman–Crippen MR) is 72.3 cm³/mol. The van der Waals surface area contributed by atoms with Crippen molar-refractivity contribution in [3.8, 4) is 0 Å². The molecular weight excluding hydrogens is 258 g/mol. The largest absolute Gasteiger partial charge is 0.392 e. The van der Waals surface area contributed by atoms with Gasteiger partial charge in [0.25, 0.3) is 0 Å². The monoisotopic (exact) mass is 281 g/mol. The van der Waals surface area contributed by atoms with Crippen molar-refractivity contribution < 1.29 is 14.4 Å². The summed E-state index contributed by atoms with van der Waals surface area (Å²) in [5.41, 5.74) is 0. The van der Waals surface area contributed by atoms with E-state index in [0.717, 1.165) is 31.9 Å². The zero-order chi connectivity index (χ0) is 14.1. The SMILES string of the molecule is CC(C)c1noc([C@@H]2C[C@@H](O)CN2C2CCOCC2)n1. The predicted octanol–water partition coefficient (Wildman–Crippen LogP) is 1.48. The second-order valence-corrected chi connectivity index (χ2v) is 6.09. The van der Waals surface area contributed by atoms with E-state index < -0.39 is 0 Å². The Labute approximate surface area is 119 Å². The second kappa shape index (κ2) is 5.79. The number of hydrogen-bond acceptors (Lipinski definition) is 6.